The molecule has 0 saturated heterocycles. The van der Waals surface area contributed by atoms with Crippen LogP contribution in [0.15, 0.2) is 36.8 Å². The molecule has 0 unspecified atom stereocenters. The maximum absolute atomic E-state index is 11.3. The SMILES string of the molecule is CCN(CC)CCNc1ncc(-c2ccncc2)cc1[N+](=O)[O-]. The summed E-state index contributed by atoms with van der Waals surface area (Å²) in [5, 5.41) is 14.4. The Labute approximate surface area is 135 Å². The van der Waals surface area contributed by atoms with Crippen molar-refractivity contribution >= 4 is 11.5 Å². The maximum atomic E-state index is 11.3. The second-order valence-electron chi connectivity index (χ2n) is 5.04. The second kappa shape index (κ2) is 8.19. The smallest absolute Gasteiger partial charge is 0.311 e. The minimum absolute atomic E-state index is 0.0149. The Morgan fingerprint density at radius 2 is 1.91 bits per heavy atom. The maximum Gasteiger partial charge on any atom is 0.311 e. The van der Waals surface area contributed by atoms with E-state index in [4.69, 9.17) is 0 Å². The number of aromatic nitrogens is 2. The first kappa shape index (κ1) is 16.8. The summed E-state index contributed by atoms with van der Waals surface area (Å²) in [6, 6.07) is 5.14. The Kier molecular flexibility index (Phi) is 5.99. The number of hydrogen-bond donors (Lipinski definition) is 1. The highest BCUT2D eigenvalue weighted by Crippen LogP contribution is 2.27. The van der Waals surface area contributed by atoms with Crippen LogP contribution in [0.5, 0.6) is 0 Å². The summed E-state index contributed by atoms with van der Waals surface area (Å²) < 4.78 is 0. The van der Waals surface area contributed by atoms with Crippen molar-refractivity contribution < 1.29 is 4.92 Å². The van der Waals surface area contributed by atoms with Crippen molar-refractivity contribution in [2.24, 2.45) is 0 Å². The zero-order chi connectivity index (χ0) is 16.7. The molecule has 0 bridgehead atoms. The van der Waals surface area contributed by atoms with E-state index in [1.807, 2.05) is 0 Å². The largest absolute Gasteiger partial charge is 0.363 e. The molecule has 0 amide bonds. The van der Waals surface area contributed by atoms with Gasteiger partial charge >= 0.3 is 5.69 Å². The van der Waals surface area contributed by atoms with Crippen molar-refractivity contribution in [1.29, 1.82) is 0 Å². The van der Waals surface area contributed by atoms with Crippen LogP contribution in [0.1, 0.15) is 13.8 Å². The van der Waals surface area contributed by atoms with Crippen molar-refractivity contribution in [2.75, 3.05) is 31.5 Å². The zero-order valence-electron chi connectivity index (χ0n) is 13.4. The lowest BCUT2D eigenvalue weighted by Crippen LogP contribution is -2.28. The molecule has 0 saturated carbocycles. The minimum atomic E-state index is -0.405. The summed E-state index contributed by atoms with van der Waals surface area (Å²) in [7, 11) is 0. The fourth-order valence-corrected chi connectivity index (χ4v) is 2.30. The van der Waals surface area contributed by atoms with Gasteiger partial charge in [-0.15, -0.1) is 0 Å². The monoisotopic (exact) mass is 315 g/mol. The number of nitrogens with zero attached hydrogens (tertiary/aromatic N) is 4. The van der Waals surface area contributed by atoms with Gasteiger partial charge in [-0.3, -0.25) is 15.1 Å². The quantitative estimate of drug-likeness (QED) is 0.595. The molecule has 2 aromatic heterocycles. The number of nitro groups is 1. The lowest BCUT2D eigenvalue weighted by atomic mass is 10.1. The van der Waals surface area contributed by atoms with E-state index in [1.54, 1.807) is 36.8 Å². The molecule has 0 spiro atoms. The van der Waals surface area contributed by atoms with Gasteiger partial charge in [-0.25, -0.2) is 4.98 Å². The van der Waals surface area contributed by atoms with Crippen LogP contribution in [0.25, 0.3) is 11.1 Å². The normalized spacial score (nSPS) is 10.7. The van der Waals surface area contributed by atoms with E-state index >= 15 is 0 Å². The summed E-state index contributed by atoms with van der Waals surface area (Å²) >= 11 is 0. The Hall–Kier alpha value is -2.54. The molecule has 23 heavy (non-hydrogen) atoms. The van der Waals surface area contributed by atoms with Gasteiger partial charge in [0.1, 0.15) is 0 Å². The molecule has 0 aliphatic heterocycles. The highest BCUT2D eigenvalue weighted by molar-refractivity contribution is 5.69. The molecule has 0 aliphatic rings. The lowest BCUT2D eigenvalue weighted by Gasteiger charge is -2.18. The average Bonchev–Trinajstić information content (AvgIpc) is 2.59. The summed E-state index contributed by atoms with van der Waals surface area (Å²) in [5.41, 5.74) is 1.54. The first-order valence-corrected chi connectivity index (χ1v) is 7.66. The van der Waals surface area contributed by atoms with Crippen molar-refractivity contribution in [3.8, 4) is 11.1 Å². The van der Waals surface area contributed by atoms with E-state index in [9.17, 15) is 10.1 Å². The van der Waals surface area contributed by atoms with Crippen LogP contribution in [-0.2, 0) is 0 Å². The fraction of sp³-hybridized carbons (Fsp3) is 0.375. The van der Waals surface area contributed by atoms with E-state index in [-0.39, 0.29) is 5.69 Å². The third kappa shape index (κ3) is 4.46. The molecule has 1 N–H and O–H groups in total. The number of hydrogen-bond acceptors (Lipinski definition) is 6. The zero-order valence-corrected chi connectivity index (χ0v) is 13.4. The van der Waals surface area contributed by atoms with E-state index in [0.717, 1.165) is 25.2 Å². The molecule has 122 valence electrons. The Morgan fingerprint density at radius 3 is 2.52 bits per heavy atom. The summed E-state index contributed by atoms with van der Waals surface area (Å²) in [6.45, 7) is 7.52. The van der Waals surface area contributed by atoms with Crippen molar-refractivity contribution in [3.05, 3.63) is 46.9 Å². The van der Waals surface area contributed by atoms with Gasteiger partial charge in [0, 0.05) is 43.3 Å². The molecule has 0 fully saturated rings. The Bertz CT molecular complexity index is 644. The van der Waals surface area contributed by atoms with Crippen LogP contribution in [0.2, 0.25) is 0 Å². The van der Waals surface area contributed by atoms with Gasteiger partial charge in [0.2, 0.25) is 5.82 Å². The summed E-state index contributed by atoms with van der Waals surface area (Å²) in [6.07, 6.45) is 4.94. The van der Waals surface area contributed by atoms with Crippen molar-refractivity contribution in [1.82, 2.24) is 14.9 Å². The third-order valence-corrected chi connectivity index (χ3v) is 3.69. The van der Waals surface area contributed by atoms with Gasteiger partial charge in [-0.1, -0.05) is 13.8 Å². The van der Waals surface area contributed by atoms with Crippen molar-refractivity contribution in [2.45, 2.75) is 13.8 Å². The molecule has 0 aliphatic carbocycles. The number of likely N-dealkylation sites (N-methyl/N-ethyl adjacent to an activating group) is 1. The van der Waals surface area contributed by atoms with E-state index in [0.29, 0.717) is 17.9 Å². The number of anilines is 1. The van der Waals surface area contributed by atoms with Crippen LogP contribution in [-0.4, -0.2) is 46.0 Å². The number of rotatable bonds is 8. The predicted octanol–water partition coefficient (Wildman–Crippen LogP) is 2.81. The molecule has 0 radical (unpaired) electrons. The van der Waals surface area contributed by atoms with E-state index < -0.39 is 4.92 Å². The fourth-order valence-electron chi connectivity index (χ4n) is 2.30. The molecular weight excluding hydrogens is 294 g/mol. The van der Waals surface area contributed by atoms with Crippen LogP contribution < -0.4 is 5.32 Å². The van der Waals surface area contributed by atoms with Crippen molar-refractivity contribution in [3.63, 3.8) is 0 Å². The molecule has 0 aromatic carbocycles. The number of pyridine rings is 2. The van der Waals surface area contributed by atoms with Gasteiger partial charge in [-0.05, 0) is 30.8 Å². The van der Waals surface area contributed by atoms with Crippen LogP contribution in [0.4, 0.5) is 11.5 Å². The van der Waals surface area contributed by atoms with E-state index in [2.05, 4.69) is 34.0 Å². The molecule has 2 rings (SSSR count). The summed E-state index contributed by atoms with van der Waals surface area (Å²) in [4.78, 5) is 21.3. The van der Waals surface area contributed by atoms with Crippen LogP contribution in [0, 0.1) is 10.1 Å². The molecule has 2 aromatic rings. The Balaban J connectivity index is 2.16. The second-order valence-corrected chi connectivity index (χ2v) is 5.04. The molecule has 2 heterocycles. The summed E-state index contributed by atoms with van der Waals surface area (Å²) in [5.74, 6) is 0.306. The highest BCUT2D eigenvalue weighted by Gasteiger charge is 2.16. The topological polar surface area (TPSA) is 84.2 Å². The van der Waals surface area contributed by atoms with Gasteiger partial charge in [0.05, 0.1) is 4.92 Å². The molecule has 7 heteroatoms. The highest BCUT2D eigenvalue weighted by atomic mass is 16.6. The van der Waals surface area contributed by atoms with Gasteiger partial charge in [0.25, 0.3) is 0 Å². The minimum Gasteiger partial charge on any atom is -0.363 e. The van der Waals surface area contributed by atoms with Gasteiger partial charge in [0.15, 0.2) is 0 Å². The molecule has 0 atom stereocenters. The predicted molar refractivity (Wildman–Crippen MR) is 90.4 cm³/mol. The van der Waals surface area contributed by atoms with Crippen LogP contribution in [0.3, 0.4) is 0 Å². The molecule has 7 nitrogen and oxygen atoms in total. The van der Waals surface area contributed by atoms with Crippen LogP contribution >= 0.6 is 0 Å². The van der Waals surface area contributed by atoms with Gasteiger partial charge < -0.3 is 10.2 Å². The first-order valence-electron chi connectivity index (χ1n) is 7.66. The molecular formula is C16H21N5O2. The lowest BCUT2D eigenvalue weighted by molar-refractivity contribution is -0.384. The third-order valence-electron chi connectivity index (χ3n) is 3.69. The van der Waals surface area contributed by atoms with E-state index in [1.165, 1.54) is 0 Å². The van der Waals surface area contributed by atoms with Gasteiger partial charge in [-0.2, -0.15) is 0 Å². The average molecular weight is 315 g/mol. The Morgan fingerprint density at radius 1 is 1.22 bits per heavy atom. The number of nitrogens with one attached hydrogen (secondary N) is 1. The standard InChI is InChI=1S/C16H21N5O2/c1-3-20(4-2)10-9-18-16-15(21(22)23)11-14(12-19-16)13-5-7-17-8-6-13/h5-8,11-12H,3-4,9-10H2,1-2H3,(H,18,19). The first-order chi connectivity index (χ1) is 11.2.